The molecule has 2 aliphatic rings. The Balaban J connectivity index is 2.15. The summed E-state index contributed by atoms with van der Waals surface area (Å²) in [4.78, 5) is 14.3. The second-order valence-corrected chi connectivity index (χ2v) is 7.21. The summed E-state index contributed by atoms with van der Waals surface area (Å²) in [6.07, 6.45) is 4.05. The highest BCUT2D eigenvalue weighted by Crippen LogP contribution is 2.42. The first-order valence-electron chi connectivity index (χ1n) is 8.30. The minimum Gasteiger partial charge on any atom is -0.496 e. The lowest BCUT2D eigenvalue weighted by Gasteiger charge is -2.43. The average molecular weight is 357 g/mol. The van der Waals surface area contributed by atoms with Crippen LogP contribution in [0.15, 0.2) is 23.9 Å². The van der Waals surface area contributed by atoms with Crippen LogP contribution in [0.2, 0.25) is 0 Å². The van der Waals surface area contributed by atoms with E-state index in [9.17, 15) is 4.79 Å². The number of nitrogens with one attached hydrogen (secondary N) is 2. The molecule has 2 heterocycles. The number of amides is 1. The zero-order chi connectivity index (χ0) is 18.4. The van der Waals surface area contributed by atoms with Crippen LogP contribution in [0.4, 0.5) is 5.69 Å². The Morgan fingerprint density at radius 1 is 1.32 bits per heavy atom. The molecule has 0 radical (unpaired) electrons. The fourth-order valence-electron chi connectivity index (χ4n) is 3.63. The van der Waals surface area contributed by atoms with Crippen molar-refractivity contribution in [2.75, 3.05) is 18.6 Å². The molecule has 1 aromatic rings. The zero-order valence-corrected chi connectivity index (χ0v) is 16.0. The summed E-state index contributed by atoms with van der Waals surface area (Å²) in [5, 5.41) is 5.78. The molecule has 5 nitrogen and oxygen atoms in total. The lowest BCUT2D eigenvalue weighted by molar-refractivity contribution is -0.115. The predicted octanol–water partition coefficient (Wildman–Crippen LogP) is 3.06. The minimum atomic E-state index is -0.228. The number of hydrogen-bond donors (Lipinski definition) is 2. The van der Waals surface area contributed by atoms with Crippen LogP contribution in [-0.4, -0.2) is 30.2 Å². The molecule has 1 aromatic carbocycles. The second-order valence-electron chi connectivity index (χ2n) is 6.80. The summed E-state index contributed by atoms with van der Waals surface area (Å²) in [6.45, 7) is 9.58. The van der Waals surface area contributed by atoms with Crippen LogP contribution in [-0.2, 0) is 4.79 Å². The Hall–Kier alpha value is -2.34. The molecule has 0 atom stereocenters. The van der Waals surface area contributed by atoms with E-state index < -0.39 is 0 Å². The van der Waals surface area contributed by atoms with Crippen LogP contribution in [0.1, 0.15) is 38.8 Å². The van der Waals surface area contributed by atoms with E-state index in [4.69, 9.17) is 17.0 Å². The van der Waals surface area contributed by atoms with Crippen molar-refractivity contribution in [3.05, 3.63) is 35.0 Å². The van der Waals surface area contributed by atoms with E-state index in [1.165, 1.54) is 5.57 Å². The summed E-state index contributed by atoms with van der Waals surface area (Å²) in [5.41, 5.74) is 4.71. The summed E-state index contributed by atoms with van der Waals surface area (Å²) in [6, 6.07) is 4.12. The van der Waals surface area contributed by atoms with Gasteiger partial charge in [-0.1, -0.05) is 6.08 Å². The average Bonchev–Trinajstić information content (AvgIpc) is 2.84. The van der Waals surface area contributed by atoms with E-state index in [0.717, 1.165) is 29.1 Å². The maximum absolute atomic E-state index is 11.9. The largest absolute Gasteiger partial charge is 0.496 e. The number of likely N-dealkylation sites (N-methyl/N-ethyl adjacent to an activating group) is 1. The van der Waals surface area contributed by atoms with Crippen LogP contribution < -0.4 is 20.3 Å². The first-order chi connectivity index (χ1) is 11.8. The number of fused-ring (bicyclic) bond motifs is 1. The standard InChI is InChI=1S/C19H23N3O2S/c1-6-22-15-9-16(24-5)12(8-14-17(23)21-18(25)20-14)7-13(15)11(2)10-19(22,3)4/h7-10H,6H2,1-5H3,(H2,20,21,23,25)/b14-8-. The van der Waals surface area contributed by atoms with E-state index in [2.05, 4.69) is 61.4 Å². The van der Waals surface area contributed by atoms with Gasteiger partial charge in [0.2, 0.25) is 0 Å². The predicted molar refractivity (Wildman–Crippen MR) is 106 cm³/mol. The molecule has 0 aliphatic carbocycles. The van der Waals surface area contributed by atoms with Crippen LogP contribution >= 0.6 is 12.2 Å². The van der Waals surface area contributed by atoms with Gasteiger partial charge in [-0.2, -0.15) is 0 Å². The van der Waals surface area contributed by atoms with Gasteiger partial charge in [-0.3, -0.25) is 10.1 Å². The number of carbonyl (C=O) groups is 1. The van der Waals surface area contributed by atoms with E-state index in [-0.39, 0.29) is 11.4 Å². The van der Waals surface area contributed by atoms with Crippen molar-refractivity contribution < 1.29 is 9.53 Å². The number of rotatable bonds is 3. The smallest absolute Gasteiger partial charge is 0.273 e. The fourth-order valence-corrected chi connectivity index (χ4v) is 3.83. The van der Waals surface area contributed by atoms with Gasteiger partial charge in [0.1, 0.15) is 11.4 Å². The monoisotopic (exact) mass is 357 g/mol. The van der Waals surface area contributed by atoms with Gasteiger partial charge >= 0.3 is 0 Å². The number of ether oxygens (including phenoxy) is 1. The highest BCUT2D eigenvalue weighted by Gasteiger charge is 2.31. The summed E-state index contributed by atoms with van der Waals surface area (Å²) in [5.74, 6) is 0.496. The van der Waals surface area contributed by atoms with Gasteiger partial charge in [-0.25, -0.2) is 0 Å². The van der Waals surface area contributed by atoms with E-state index in [1.54, 1.807) is 13.2 Å². The van der Waals surface area contributed by atoms with Crippen LogP contribution in [0.25, 0.3) is 11.6 Å². The number of methoxy groups -OCH3 is 1. The van der Waals surface area contributed by atoms with Gasteiger partial charge in [0.15, 0.2) is 5.11 Å². The summed E-state index contributed by atoms with van der Waals surface area (Å²) < 4.78 is 5.60. The third-order valence-electron chi connectivity index (χ3n) is 4.67. The van der Waals surface area contributed by atoms with Crippen molar-refractivity contribution in [3.63, 3.8) is 0 Å². The van der Waals surface area contributed by atoms with E-state index in [0.29, 0.717) is 10.8 Å². The zero-order valence-electron chi connectivity index (χ0n) is 15.2. The van der Waals surface area contributed by atoms with Crippen molar-refractivity contribution in [3.8, 4) is 5.75 Å². The third kappa shape index (κ3) is 3.02. The molecule has 1 saturated heterocycles. The Morgan fingerprint density at radius 2 is 2.04 bits per heavy atom. The molecule has 0 spiro atoms. The summed E-state index contributed by atoms with van der Waals surface area (Å²) in [7, 11) is 1.64. The molecule has 0 bridgehead atoms. The van der Waals surface area contributed by atoms with Crippen molar-refractivity contribution >= 4 is 40.6 Å². The Bertz CT molecular complexity index is 824. The number of benzene rings is 1. The van der Waals surface area contributed by atoms with Crippen molar-refractivity contribution in [1.29, 1.82) is 0 Å². The van der Waals surface area contributed by atoms with Gasteiger partial charge in [0, 0.05) is 29.4 Å². The number of nitrogens with zero attached hydrogens (tertiary/aromatic N) is 1. The SMILES string of the molecule is CCN1c2cc(OC)c(/C=C3\NC(=S)NC3=O)cc2C(C)=CC1(C)C. The molecule has 132 valence electrons. The highest BCUT2D eigenvalue weighted by molar-refractivity contribution is 7.80. The lowest BCUT2D eigenvalue weighted by Crippen LogP contribution is -2.44. The molecule has 2 N–H and O–H groups in total. The molecule has 2 aliphatic heterocycles. The third-order valence-corrected chi connectivity index (χ3v) is 4.87. The minimum absolute atomic E-state index is 0.0596. The van der Waals surface area contributed by atoms with Gasteiger partial charge in [-0.05, 0) is 57.6 Å². The first-order valence-corrected chi connectivity index (χ1v) is 8.71. The fraction of sp³-hybridized carbons (Fsp3) is 0.368. The second kappa shape index (κ2) is 6.19. The van der Waals surface area contributed by atoms with E-state index >= 15 is 0 Å². The molecule has 3 rings (SSSR count). The number of anilines is 1. The molecular weight excluding hydrogens is 334 g/mol. The molecular formula is C19H23N3O2S. The Kier molecular flexibility index (Phi) is 4.33. The molecule has 1 fully saturated rings. The van der Waals surface area contributed by atoms with Gasteiger partial charge in [-0.15, -0.1) is 0 Å². The highest BCUT2D eigenvalue weighted by atomic mass is 32.1. The molecule has 0 unspecified atom stereocenters. The molecule has 1 amide bonds. The van der Waals surface area contributed by atoms with E-state index in [1.807, 2.05) is 0 Å². The quantitative estimate of drug-likeness (QED) is 0.643. The molecule has 0 aromatic heterocycles. The van der Waals surface area contributed by atoms with Crippen LogP contribution in [0, 0.1) is 0 Å². The normalized spacial score (nSPS) is 20.1. The van der Waals surface area contributed by atoms with Crippen LogP contribution in [0.3, 0.4) is 0 Å². The van der Waals surface area contributed by atoms with Crippen LogP contribution in [0.5, 0.6) is 5.75 Å². The number of allylic oxidation sites excluding steroid dienone is 1. The molecule has 25 heavy (non-hydrogen) atoms. The Morgan fingerprint density at radius 3 is 2.60 bits per heavy atom. The topological polar surface area (TPSA) is 53.6 Å². The molecule has 6 heteroatoms. The van der Waals surface area contributed by atoms with Crippen molar-refractivity contribution in [1.82, 2.24) is 10.6 Å². The summed E-state index contributed by atoms with van der Waals surface area (Å²) >= 11 is 4.99. The van der Waals surface area contributed by atoms with Gasteiger partial charge in [0.25, 0.3) is 5.91 Å². The van der Waals surface area contributed by atoms with Crippen molar-refractivity contribution in [2.24, 2.45) is 0 Å². The van der Waals surface area contributed by atoms with Gasteiger partial charge in [0.05, 0.1) is 12.6 Å². The number of hydrogen-bond acceptors (Lipinski definition) is 4. The number of carbonyl (C=O) groups excluding carboxylic acids is 1. The Labute approximate surface area is 153 Å². The lowest BCUT2D eigenvalue weighted by atomic mass is 9.87. The first kappa shape index (κ1) is 17.5. The maximum Gasteiger partial charge on any atom is 0.273 e. The molecule has 0 saturated carbocycles. The van der Waals surface area contributed by atoms with Gasteiger partial charge < -0.3 is 15.0 Å². The number of thiocarbonyl (C=S) groups is 1. The maximum atomic E-state index is 11.9. The van der Waals surface area contributed by atoms with Crippen molar-refractivity contribution in [2.45, 2.75) is 33.2 Å².